The third kappa shape index (κ3) is 6.49. The van der Waals surface area contributed by atoms with Crippen molar-refractivity contribution in [3.05, 3.63) is 54.2 Å². The topological polar surface area (TPSA) is 85.8 Å². The van der Waals surface area contributed by atoms with E-state index in [2.05, 4.69) is 24.6 Å². The lowest BCUT2D eigenvalue weighted by Gasteiger charge is -2.24. The molecule has 7 nitrogen and oxygen atoms in total. The van der Waals surface area contributed by atoms with Crippen molar-refractivity contribution in [1.29, 1.82) is 0 Å². The molecule has 2 aromatic rings. The number of benzene rings is 1. The van der Waals surface area contributed by atoms with Crippen molar-refractivity contribution in [2.24, 2.45) is 0 Å². The monoisotopic (exact) mass is 450 g/mol. The van der Waals surface area contributed by atoms with Crippen LogP contribution in [0, 0.1) is 0 Å². The standard InChI is InChI=1S/C19H26N2O5SSi2/c1-25-19(22)17-11-8-12-20-18(17)27(23,24)21(16-9-6-5-7-10-16)15-26-13-14-28-29(2,3)4/h5-12H,13-15H2,1-4H3. The molecule has 0 saturated carbocycles. The summed E-state index contributed by atoms with van der Waals surface area (Å²) in [6, 6.07) is 12.4. The molecule has 0 aliphatic carbocycles. The van der Waals surface area contributed by atoms with E-state index in [1.54, 1.807) is 30.3 Å². The van der Waals surface area contributed by atoms with Crippen LogP contribution in [-0.2, 0) is 19.5 Å². The summed E-state index contributed by atoms with van der Waals surface area (Å²) in [7, 11) is -3.27. The molecule has 2 radical (unpaired) electrons. The van der Waals surface area contributed by atoms with Crippen LogP contribution in [0.3, 0.4) is 0 Å². The summed E-state index contributed by atoms with van der Waals surface area (Å²) in [6.07, 6.45) is 1.33. The highest BCUT2D eigenvalue weighted by Crippen LogP contribution is 2.24. The van der Waals surface area contributed by atoms with E-state index in [-0.39, 0.29) is 17.3 Å². The summed E-state index contributed by atoms with van der Waals surface area (Å²) in [6.45, 7) is 7.18. The van der Waals surface area contributed by atoms with Crippen LogP contribution >= 0.6 is 0 Å². The number of pyridine rings is 1. The molecule has 0 saturated heterocycles. The quantitative estimate of drug-likeness (QED) is 0.239. The molecule has 0 unspecified atom stereocenters. The molecule has 156 valence electrons. The van der Waals surface area contributed by atoms with E-state index in [4.69, 9.17) is 9.47 Å². The number of para-hydroxylation sites is 1. The second-order valence-electron chi connectivity index (χ2n) is 7.25. The number of carbonyl (C=O) groups excluding carboxylic acids is 1. The molecule has 0 aliphatic rings. The Labute approximate surface area is 175 Å². The number of sulfonamides is 1. The maximum absolute atomic E-state index is 13.4. The number of esters is 1. The lowest BCUT2D eigenvalue weighted by molar-refractivity contribution is 0.0595. The van der Waals surface area contributed by atoms with Gasteiger partial charge in [-0.25, -0.2) is 14.1 Å². The number of hydrogen-bond donors (Lipinski definition) is 0. The van der Waals surface area contributed by atoms with Gasteiger partial charge in [-0.3, -0.25) is 0 Å². The molecule has 0 amide bonds. The minimum Gasteiger partial charge on any atom is -0.465 e. The first kappa shape index (κ1) is 23.3. The highest BCUT2D eigenvalue weighted by molar-refractivity contribution is 7.92. The van der Waals surface area contributed by atoms with E-state index in [1.165, 1.54) is 25.4 Å². The van der Waals surface area contributed by atoms with Gasteiger partial charge in [-0.2, -0.15) is 8.42 Å². The molecule has 1 aromatic heterocycles. The molecular formula is C19H26N2O5SSi2. The van der Waals surface area contributed by atoms with Crippen LogP contribution < -0.4 is 4.31 Å². The third-order valence-corrected chi connectivity index (χ3v) is 11.0. The van der Waals surface area contributed by atoms with Crippen molar-refractivity contribution in [2.45, 2.75) is 30.7 Å². The maximum Gasteiger partial charge on any atom is 0.340 e. The minimum atomic E-state index is -4.15. The molecule has 0 N–H and O–H groups in total. The van der Waals surface area contributed by atoms with Crippen LogP contribution in [0.4, 0.5) is 5.69 Å². The molecule has 29 heavy (non-hydrogen) atoms. The second-order valence-corrected chi connectivity index (χ2v) is 19.9. The van der Waals surface area contributed by atoms with Gasteiger partial charge >= 0.3 is 5.97 Å². The van der Waals surface area contributed by atoms with Gasteiger partial charge in [-0.1, -0.05) is 37.8 Å². The van der Waals surface area contributed by atoms with Crippen molar-refractivity contribution in [2.75, 3.05) is 24.8 Å². The van der Waals surface area contributed by atoms with E-state index in [1.807, 2.05) is 0 Å². The van der Waals surface area contributed by atoms with Crippen molar-refractivity contribution in [3.63, 3.8) is 0 Å². The van der Waals surface area contributed by atoms with Crippen LogP contribution in [-0.4, -0.2) is 56.4 Å². The van der Waals surface area contributed by atoms with E-state index >= 15 is 0 Å². The Balaban J connectivity index is 2.30. The van der Waals surface area contributed by atoms with Gasteiger partial charge in [0.05, 0.1) is 18.4 Å². The van der Waals surface area contributed by atoms with Gasteiger partial charge in [0, 0.05) is 29.4 Å². The number of ether oxygens (including phenoxy) is 2. The van der Waals surface area contributed by atoms with Crippen molar-refractivity contribution < 1.29 is 22.7 Å². The molecule has 0 fully saturated rings. The lowest BCUT2D eigenvalue weighted by atomic mass is 10.3. The fourth-order valence-electron chi connectivity index (χ4n) is 2.49. The zero-order chi connectivity index (χ0) is 21.5. The van der Waals surface area contributed by atoms with Crippen molar-refractivity contribution >= 4 is 38.3 Å². The molecule has 1 heterocycles. The number of hydrogen-bond acceptors (Lipinski definition) is 6. The highest BCUT2D eigenvalue weighted by atomic mass is 32.2. The lowest BCUT2D eigenvalue weighted by Crippen LogP contribution is -2.35. The third-order valence-electron chi connectivity index (χ3n) is 3.87. The Hall–Kier alpha value is -2.02. The number of carbonyl (C=O) groups is 1. The zero-order valence-electron chi connectivity index (χ0n) is 17.1. The van der Waals surface area contributed by atoms with E-state index in [0.717, 1.165) is 19.4 Å². The van der Waals surface area contributed by atoms with Gasteiger partial charge in [0.2, 0.25) is 0 Å². The number of methoxy groups -OCH3 is 1. The summed E-state index contributed by atoms with van der Waals surface area (Å²) in [4.78, 5) is 16.0. The van der Waals surface area contributed by atoms with E-state index in [9.17, 15) is 13.2 Å². The number of nitrogens with zero attached hydrogens (tertiary/aromatic N) is 2. The predicted octanol–water partition coefficient (Wildman–Crippen LogP) is 3.00. The SMILES string of the molecule is COC(=O)c1cccnc1S(=O)(=O)N(COCC[Si][Si](C)(C)C)c1ccccc1. The van der Waals surface area contributed by atoms with Gasteiger partial charge in [0.25, 0.3) is 10.0 Å². The van der Waals surface area contributed by atoms with Crippen LogP contribution in [0.2, 0.25) is 25.7 Å². The maximum atomic E-state index is 13.4. The molecule has 0 atom stereocenters. The van der Waals surface area contributed by atoms with E-state index < -0.39 is 23.6 Å². The van der Waals surface area contributed by atoms with Crippen LogP contribution in [0.15, 0.2) is 53.7 Å². The Kier molecular flexibility index (Phi) is 8.14. The summed E-state index contributed by atoms with van der Waals surface area (Å²) in [5.41, 5.74) is 0.317. The number of anilines is 1. The Morgan fingerprint density at radius 3 is 2.45 bits per heavy atom. The second kappa shape index (κ2) is 10.1. The summed E-state index contributed by atoms with van der Waals surface area (Å²) < 4.78 is 38.3. The molecule has 2 rings (SSSR count). The fraction of sp³-hybridized carbons (Fsp3) is 0.368. The first-order chi connectivity index (χ1) is 13.7. The van der Waals surface area contributed by atoms with Crippen LogP contribution in [0.5, 0.6) is 0 Å². The molecule has 0 spiro atoms. The van der Waals surface area contributed by atoms with Crippen LogP contribution in [0.1, 0.15) is 10.4 Å². The molecule has 0 aliphatic heterocycles. The van der Waals surface area contributed by atoms with Gasteiger partial charge in [-0.15, -0.1) is 0 Å². The molecular weight excluding hydrogens is 424 g/mol. The minimum absolute atomic E-state index is 0.115. The first-order valence-corrected chi connectivity index (χ1v) is 16.3. The van der Waals surface area contributed by atoms with Crippen LogP contribution in [0.25, 0.3) is 0 Å². The first-order valence-electron chi connectivity index (χ1n) is 9.11. The Bertz CT molecular complexity index is 918. The molecule has 1 aromatic carbocycles. The van der Waals surface area contributed by atoms with E-state index in [0.29, 0.717) is 12.3 Å². The van der Waals surface area contributed by atoms with Crippen molar-refractivity contribution in [3.8, 4) is 0 Å². The number of aromatic nitrogens is 1. The Morgan fingerprint density at radius 2 is 1.83 bits per heavy atom. The number of rotatable bonds is 10. The normalized spacial score (nSPS) is 11.9. The predicted molar refractivity (Wildman–Crippen MR) is 116 cm³/mol. The average Bonchev–Trinajstić information content (AvgIpc) is 2.69. The largest absolute Gasteiger partial charge is 0.465 e. The zero-order valence-corrected chi connectivity index (χ0v) is 19.9. The Morgan fingerprint density at radius 1 is 1.14 bits per heavy atom. The fourth-order valence-corrected chi connectivity index (χ4v) is 7.49. The highest BCUT2D eigenvalue weighted by Gasteiger charge is 2.31. The van der Waals surface area contributed by atoms with Gasteiger partial charge < -0.3 is 9.47 Å². The summed E-state index contributed by atoms with van der Waals surface area (Å²) >= 11 is 0. The summed E-state index contributed by atoms with van der Waals surface area (Å²) in [5, 5.41) is -0.358. The van der Waals surface area contributed by atoms with Gasteiger partial charge in [0.15, 0.2) is 5.03 Å². The molecule has 0 bridgehead atoms. The molecule has 10 heteroatoms. The van der Waals surface area contributed by atoms with Crippen molar-refractivity contribution in [1.82, 2.24) is 4.98 Å². The van der Waals surface area contributed by atoms with Gasteiger partial charge in [-0.05, 0) is 30.3 Å². The summed E-state index contributed by atoms with van der Waals surface area (Å²) in [5.74, 6) is -0.762. The average molecular weight is 451 g/mol. The smallest absolute Gasteiger partial charge is 0.340 e. The van der Waals surface area contributed by atoms with Gasteiger partial charge in [0.1, 0.15) is 6.73 Å².